The van der Waals surface area contributed by atoms with Gasteiger partial charge in [-0.05, 0) is 31.6 Å². The first-order valence-electron chi connectivity index (χ1n) is 6.60. The van der Waals surface area contributed by atoms with Gasteiger partial charge in [0, 0.05) is 18.3 Å². The molecule has 0 N–H and O–H groups in total. The molecule has 0 amide bonds. The van der Waals surface area contributed by atoms with Crippen molar-refractivity contribution < 1.29 is 4.79 Å². The van der Waals surface area contributed by atoms with Crippen molar-refractivity contribution in [1.29, 1.82) is 0 Å². The average molecular weight is 232 g/mol. The van der Waals surface area contributed by atoms with Gasteiger partial charge in [-0.15, -0.1) is 0 Å². The molecule has 0 radical (unpaired) electrons. The first-order valence-corrected chi connectivity index (χ1v) is 6.60. The maximum absolute atomic E-state index is 12.2. The summed E-state index contributed by atoms with van der Waals surface area (Å²) in [5.74, 6) is 1.28. The summed E-state index contributed by atoms with van der Waals surface area (Å²) in [6.45, 7) is 2.23. The van der Waals surface area contributed by atoms with Crippen LogP contribution in [0.1, 0.15) is 55.8 Å². The van der Waals surface area contributed by atoms with Gasteiger partial charge in [0.05, 0.1) is 5.56 Å². The maximum atomic E-state index is 12.2. The highest BCUT2D eigenvalue weighted by Gasteiger charge is 2.26. The molecule has 1 aliphatic carbocycles. The highest BCUT2D eigenvalue weighted by molar-refractivity contribution is 5.97. The van der Waals surface area contributed by atoms with Crippen molar-refractivity contribution in [2.45, 2.75) is 45.4 Å². The quantitative estimate of drug-likeness (QED) is 0.748. The first-order chi connectivity index (χ1) is 8.31. The van der Waals surface area contributed by atoms with Crippen molar-refractivity contribution in [2.24, 2.45) is 11.8 Å². The van der Waals surface area contributed by atoms with Crippen LogP contribution in [0, 0.1) is 11.8 Å². The molecule has 0 atom stereocenters. The van der Waals surface area contributed by atoms with Crippen LogP contribution in [0.3, 0.4) is 0 Å². The molecule has 3 heteroatoms. The monoisotopic (exact) mass is 232 g/mol. The third-order valence-corrected chi connectivity index (χ3v) is 3.76. The highest BCUT2D eigenvalue weighted by Crippen LogP contribution is 2.33. The van der Waals surface area contributed by atoms with Gasteiger partial charge in [-0.1, -0.05) is 19.8 Å². The van der Waals surface area contributed by atoms with E-state index in [1.54, 1.807) is 12.4 Å². The summed E-state index contributed by atoms with van der Waals surface area (Å²) in [7, 11) is 0. The first kappa shape index (κ1) is 12.2. The minimum Gasteiger partial charge on any atom is -0.294 e. The SMILES string of the molecule is CCCC1CCC(C(=O)c2cncnc2)CC1. The molecule has 1 aromatic heterocycles. The fraction of sp³-hybridized carbons (Fsp3) is 0.643. The van der Waals surface area contributed by atoms with Gasteiger partial charge in [0.25, 0.3) is 0 Å². The lowest BCUT2D eigenvalue weighted by Gasteiger charge is -2.27. The van der Waals surface area contributed by atoms with E-state index in [-0.39, 0.29) is 11.7 Å². The third kappa shape index (κ3) is 3.11. The summed E-state index contributed by atoms with van der Waals surface area (Å²) in [4.78, 5) is 20.0. The van der Waals surface area contributed by atoms with Gasteiger partial charge in [-0.3, -0.25) is 4.79 Å². The molecule has 2 rings (SSSR count). The van der Waals surface area contributed by atoms with Crippen LogP contribution in [0.5, 0.6) is 0 Å². The van der Waals surface area contributed by atoms with Crippen LogP contribution in [0.4, 0.5) is 0 Å². The van der Waals surface area contributed by atoms with E-state index in [9.17, 15) is 4.79 Å². The van der Waals surface area contributed by atoms with Gasteiger partial charge in [0.2, 0.25) is 0 Å². The molecule has 0 spiro atoms. The summed E-state index contributed by atoms with van der Waals surface area (Å²) in [5.41, 5.74) is 0.673. The summed E-state index contributed by atoms with van der Waals surface area (Å²) in [6, 6.07) is 0. The Morgan fingerprint density at radius 3 is 2.47 bits per heavy atom. The van der Waals surface area contributed by atoms with Gasteiger partial charge >= 0.3 is 0 Å². The second kappa shape index (κ2) is 5.89. The molecule has 3 nitrogen and oxygen atoms in total. The maximum Gasteiger partial charge on any atom is 0.169 e. The molecular weight excluding hydrogens is 212 g/mol. The summed E-state index contributed by atoms with van der Waals surface area (Å²) in [5, 5.41) is 0. The number of aromatic nitrogens is 2. The summed E-state index contributed by atoms with van der Waals surface area (Å²) >= 11 is 0. The van der Waals surface area contributed by atoms with Gasteiger partial charge in [0.1, 0.15) is 6.33 Å². The van der Waals surface area contributed by atoms with Crippen LogP contribution in [0.2, 0.25) is 0 Å². The predicted octanol–water partition coefficient (Wildman–Crippen LogP) is 3.27. The third-order valence-electron chi connectivity index (χ3n) is 3.76. The van der Waals surface area contributed by atoms with Gasteiger partial charge in [0.15, 0.2) is 5.78 Å². The van der Waals surface area contributed by atoms with Crippen molar-refractivity contribution in [3.05, 3.63) is 24.3 Å². The Bertz CT molecular complexity index is 356. The molecule has 1 aliphatic rings. The Kier molecular flexibility index (Phi) is 4.24. The number of hydrogen-bond acceptors (Lipinski definition) is 3. The zero-order valence-corrected chi connectivity index (χ0v) is 10.4. The Balaban J connectivity index is 1.91. The van der Waals surface area contributed by atoms with Crippen LogP contribution in [0.15, 0.2) is 18.7 Å². The molecule has 1 heterocycles. The number of ketones is 1. The lowest BCUT2D eigenvalue weighted by molar-refractivity contribution is 0.0869. The minimum absolute atomic E-state index is 0.203. The van der Waals surface area contributed by atoms with E-state index in [0.29, 0.717) is 5.56 Å². The van der Waals surface area contributed by atoms with Crippen LogP contribution in [0.25, 0.3) is 0 Å². The number of nitrogens with zero attached hydrogens (tertiary/aromatic N) is 2. The molecule has 0 aliphatic heterocycles. The van der Waals surface area contributed by atoms with Gasteiger partial charge in [-0.25, -0.2) is 9.97 Å². The smallest absolute Gasteiger partial charge is 0.169 e. The normalized spacial score (nSPS) is 24.5. The minimum atomic E-state index is 0.203. The number of hydrogen-bond donors (Lipinski definition) is 0. The fourth-order valence-electron chi connectivity index (χ4n) is 2.78. The lowest BCUT2D eigenvalue weighted by Crippen LogP contribution is -2.22. The van der Waals surface area contributed by atoms with E-state index in [2.05, 4.69) is 16.9 Å². The fourth-order valence-corrected chi connectivity index (χ4v) is 2.78. The second-order valence-corrected chi connectivity index (χ2v) is 5.00. The van der Waals surface area contributed by atoms with E-state index in [1.165, 1.54) is 32.0 Å². The molecule has 0 unspecified atom stereocenters. The van der Waals surface area contributed by atoms with Crippen LogP contribution < -0.4 is 0 Å². The summed E-state index contributed by atoms with van der Waals surface area (Å²) in [6.07, 6.45) is 11.8. The molecule has 0 aromatic carbocycles. The zero-order chi connectivity index (χ0) is 12.1. The van der Waals surface area contributed by atoms with Crippen molar-refractivity contribution >= 4 is 5.78 Å². The second-order valence-electron chi connectivity index (χ2n) is 5.00. The van der Waals surface area contributed by atoms with E-state index < -0.39 is 0 Å². The molecule has 1 aromatic rings. The van der Waals surface area contributed by atoms with Gasteiger partial charge in [-0.2, -0.15) is 0 Å². The van der Waals surface area contributed by atoms with Crippen molar-refractivity contribution in [2.75, 3.05) is 0 Å². The van der Waals surface area contributed by atoms with E-state index in [4.69, 9.17) is 0 Å². The van der Waals surface area contributed by atoms with Crippen LogP contribution in [-0.4, -0.2) is 15.8 Å². The van der Waals surface area contributed by atoms with E-state index in [0.717, 1.165) is 18.8 Å². The Morgan fingerprint density at radius 2 is 1.88 bits per heavy atom. The Morgan fingerprint density at radius 1 is 1.24 bits per heavy atom. The summed E-state index contributed by atoms with van der Waals surface area (Å²) < 4.78 is 0. The van der Waals surface area contributed by atoms with E-state index >= 15 is 0 Å². The van der Waals surface area contributed by atoms with Crippen molar-refractivity contribution in [1.82, 2.24) is 9.97 Å². The standard InChI is InChI=1S/C14H20N2O/c1-2-3-11-4-6-12(7-5-11)14(17)13-8-15-10-16-9-13/h8-12H,2-7H2,1H3. The molecule has 1 saturated carbocycles. The molecule has 0 bridgehead atoms. The largest absolute Gasteiger partial charge is 0.294 e. The molecular formula is C14H20N2O. The van der Waals surface area contributed by atoms with Crippen LogP contribution in [-0.2, 0) is 0 Å². The van der Waals surface area contributed by atoms with Crippen LogP contribution >= 0.6 is 0 Å². The van der Waals surface area contributed by atoms with Crippen molar-refractivity contribution in [3.63, 3.8) is 0 Å². The topological polar surface area (TPSA) is 42.9 Å². The number of rotatable bonds is 4. The zero-order valence-electron chi connectivity index (χ0n) is 10.4. The van der Waals surface area contributed by atoms with Crippen molar-refractivity contribution in [3.8, 4) is 0 Å². The molecule has 17 heavy (non-hydrogen) atoms. The number of Topliss-reactive ketones (excluding diaryl/α,β-unsaturated/α-hetero) is 1. The van der Waals surface area contributed by atoms with Gasteiger partial charge < -0.3 is 0 Å². The lowest BCUT2D eigenvalue weighted by atomic mass is 9.77. The average Bonchev–Trinajstić information content (AvgIpc) is 2.40. The van der Waals surface area contributed by atoms with E-state index in [1.807, 2.05) is 0 Å². The molecule has 92 valence electrons. The highest BCUT2D eigenvalue weighted by atomic mass is 16.1. The molecule has 0 saturated heterocycles. The number of carbonyl (C=O) groups excluding carboxylic acids is 1. The number of carbonyl (C=O) groups is 1. The predicted molar refractivity (Wildman–Crippen MR) is 66.7 cm³/mol. The molecule has 1 fully saturated rings. The Hall–Kier alpha value is -1.25. The Labute approximate surface area is 103 Å².